The number of nitrogens with two attached hydrogens (primary N) is 1. The SMILES string of the molecule is Cc1nc(N)cc(C2CN(C(=O)c3ccn(C)n3)CCO2)n1. The van der Waals surface area contributed by atoms with Crippen molar-refractivity contribution in [2.24, 2.45) is 7.05 Å². The number of aryl methyl sites for hydroxylation is 2. The second-order valence-electron chi connectivity index (χ2n) is 5.25. The minimum atomic E-state index is -0.301. The lowest BCUT2D eigenvalue weighted by Crippen LogP contribution is -2.42. The Labute approximate surface area is 127 Å². The molecule has 22 heavy (non-hydrogen) atoms. The van der Waals surface area contributed by atoms with E-state index in [1.807, 2.05) is 0 Å². The standard InChI is InChI=1S/C14H18N6O2/c1-9-16-11(7-13(15)17-9)12-8-20(5-6-22-12)14(21)10-3-4-19(2)18-10/h3-4,7,12H,5-6,8H2,1-2H3,(H2,15,16,17). The molecule has 8 nitrogen and oxygen atoms in total. The number of nitrogen functional groups attached to an aromatic ring is 1. The summed E-state index contributed by atoms with van der Waals surface area (Å²) in [4.78, 5) is 22.6. The normalized spacial score (nSPS) is 18.5. The van der Waals surface area contributed by atoms with Crippen LogP contribution in [0.15, 0.2) is 18.3 Å². The Morgan fingerprint density at radius 2 is 2.27 bits per heavy atom. The highest BCUT2D eigenvalue weighted by atomic mass is 16.5. The summed E-state index contributed by atoms with van der Waals surface area (Å²) in [6.45, 7) is 3.18. The van der Waals surface area contributed by atoms with Crippen LogP contribution in [-0.4, -0.2) is 50.3 Å². The van der Waals surface area contributed by atoms with Crippen LogP contribution in [0.1, 0.15) is 28.1 Å². The Kier molecular flexibility index (Phi) is 3.76. The van der Waals surface area contributed by atoms with E-state index in [4.69, 9.17) is 10.5 Å². The van der Waals surface area contributed by atoms with Crippen molar-refractivity contribution in [1.82, 2.24) is 24.6 Å². The van der Waals surface area contributed by atoms with Gasteiger partial charge in [-0.25, -0.2) is 9.97 Å². The number of carbonyl (C=O) groups is 1. The number of hydrogen-bond donors (Lipinski definition) is 1. The number of aromatic nitrogens is 4. The molecule has 2 N–H and O–H groups in total. The molecule has 0 bridgehead atoms. The summed E-state index contributed by atoms with van der Waals surface area (Å²) in [5, 5.41) is 4.15. The summed E-state index contributed by atoms with van der Waals surface area (Å²) < 4.78 is 7.34. The van der Waals surface area contributed by atoms with Crippen molar-refractivity contribution in [3.05, 3.63) is 35.5 Å². The van der Waals surface area contributed by atoms with Crippen molar-refractivity contribution in [3.63, 3.8) is 0 Å². The molecule has 1 amide bonds. The van der Waals surface area contributed by atoms with E-state index in [1.54, 1.807) is 41.9 Å². The van der Waals surface area contributed by atoms with Gasteiger partial charge in [-0.1, -0.05) is 0 Å². The molecule has 0 aliphatic carbocycles. The zero-order chi connectivity index (χ0) is 15.7. The number of hydrogen-bond acceptors (Lipinski definition) is 6. The molecule has 3 heterocycles. The van der Waals surface area contributed by atoms with Gasteiger partial charge in [-0.15, -0.1) is 0 Å². The van der Waals surface area contributed by atoms with Gasteiger partial charge in [0.25, 0.3) is 5.91 Å². The van der Waals surface area contributed by atoms with Gasteiger partial charge in [-0.3, -0.25) is 9.48 Å². The van der Waals surface area contributed by atoms with Crippen molar-refractivity contribution in [2.45, 2.75) is 13.0 Å². The maximum Gasteiger partial charge on any atom is 0.274 e. The Balaban J connectivity index is 1.78. The quantitative estimate of drug-likeness (QED) is 0.857. The number of morpholine rings is 1. The van der Waals surface area contributed by atoms with Crippen molar-refractivity contribution in [3.8, 4) is 0 Å². The number of rotatable bonds is 2. The van der Waals surface area contributed by atoms with Crippen LogP contribution < -0.4 is 5.73 Å². The third-order valence-electron chi connectivity index (χ3n) is 3.49. The molecule has 0 radical (unpaired) electrons. The first-order valence-corrected chi connectivity index (χ1v) is 7.04. The largest absolute Gasteiger partial charge is 0.384 e. The van der Waals surface area contributed by atoms with Crippen molar-refractivity contribution in [2.75, 3.05) is 25.4 Å². The van der Waals surface area contributed by atoms with E-state index >= 15 is 0 Å². The van der Waals surface area contributed by atoms with Gasteiger partial charge in [-0.2, -0.15) is 5.10 Å². The molecular weight excluding hydrogens is 284 g/mol. The molecule has 2 aromatic rings. The Hall–Kier alpha value is -2.48. The minimum absolute atomic E-state index is 0.104. The summed E-state index contributed by atoms with van der Waals surface area (Å²) >= 11 is 0. The molecule has 0 aromatic carbocycles. The summed E-state index contributed by atoms with van der Waals surface area (Å²) in [5.74, 6) is 0.888. The van der Waals surface area contributed by atoms with Crippen LogP contribution in [-0.2, 0) is 11.8 Å². The van der Waals surface area contributed by atoms with Gasteiger partial charge < -0.3 is 15.4 Å². The molecule has 116 valence electrons. The molecule has 1 aliphatic heterocycles. The second-order valence-corrected chi connectivity index (χ2v) is 5.25. The van der Waals surface area contributed by atoms with E-state index in [9.17, 15) is 4.79 Å². The highest BCUT2D eigenvalue weighted by Gasteiger charge is 2.28. The van der Waals surface area contributed by atoms with Crippen molar-refractivity contribution < 1.29 is 9.53 Å². The van der Waals surface area contributed by atoms with E-state index < -0.39 is 0 Å². The number of amides is 1. The molecule has 2 aromatic heterocycles. The summed E-state index contributed by atoms with van der Waals surface area (Å²) in [5.41, 5.74) is 6.88. The molecule has 1 saturated heterocycles. The van der Waals surface area contributed by atoms with Gasteiger partial charge >= 0.3 is 0 Å². The van der Waals surface area contributed by atoms with E-state index in [1.165, 1.54) is 0 Å². The predicted molar refractivity (Wildman–Crippen MR) is 79.0 cm³/mol. The average Bonchev–Trinajstić information content (AvgIpc) is 2.92. The molecule has 1 aliphatic rings. The van der Waals surface area contributed by atoms with Crippen molar-refractivity contribution >= 4 is 11.7 Å². The van der Waals surface area contributed by atoms with Crippen LogP contribution in [0.5, 0.6) is 0 Å². The van der Waals surface area contributed by atoms with E-state index in [-0.39, 0.29) is 12.0 Å². The molecule has 1 atom stereocenters. The van der Waals surface area contributed by atoms with Crippen LogP contribution in [0, 0.1) is 6.92 Å². The Bertz CT molecular complexity index is 678. The Morgan fingerprint density at radius 3 is 2.95 bits per heavy atom. The summed E-state index contributed by atoms with van der Waals surface area (Å²) in [7, 11) is 1.78. The fraction of sp³-hybridized carbons (Fsp3) is 0.429. The monoisotopic (exact) mass is 302 g/mol. The molecule has 0 spiro atoms. The lowest BCUT2D eigenvalue weighted by atomic mass is 10.2. The summed E-state index contributed by atoms with van der Waals surface area (Å²) in [6.07, 6.45) is 1.45. The maximum atomic E-state index is 12.5. The predicted octanol–water partition coefficient (Wildman–Crippen LogP) is 0.314. The lowest BCUT2D eigenvalue weighted by Gasteiger charge is -2.32. The number of anilines is 1. The van der Waals surface area contributed by atoms with Gasteiger partial charge in [0.2, 0.25) is 0 Å². The van der Waals surface area contributed by atoms with Gasteiger partial charge in [0, 0.05) is 25.9 Å². The van der Waals surface area contributed by atoms with Crippen molar-refractivity contribution in [1.29, 1.82) is 0 Å². The number of ether oxygens (including phenoxy) is 1. The molecule has 0 saturated carbocycles. The van der Waals surface area contributed by atoms with Gasteiger partial charge in [0.05, 0.1) is 18.8 Å². The number of carbonyl (C=O) groups excluding carboxylic acids is 1. The maximum absolute atomic E-state index is 12.5. The highest BCUT2D eigenvalue weighted by Crippen LogP contribution is 2.22. The van der Waals surface area contributed by atoms with Crippen LogP contribution in [0.25, 0.3) is 0 Å². The Morgan fingerprint density at radius 1 is 1.45 bits per heavy atom. The molecule has 1 fully saturated rings. The zero-order valence-corrected chi connectivity index (χ0v) is 12.6. The zero-order valence-electron chi connectivity index (χ0n) is 12.6. The molecule has 1 unspecified atom stereocenters. The van der Waals surface area contributed by atoms with Crippen LogP contribution >= 0.6 is 0 Å². The molecule has 3 rings (SSSR count). The first-order valence-electron chi connectivity index (χ1n) is 7.04. The molecular formula is C14H18N6O2. The average molecular weight is 302 g/mol. The lowest BCUT2D eigenvalue weighted by molar-refractivity contribution is -0.0250. The van der Waals surface area contributed by atoms with Gasteiger partial charge in [0.15, 0.2) is 0 Å². The van der Waals surface area contributed by atoms with E-state index in [0.29, 0.717) is 42.7 Å². The van der Waals surface area contributed by atoms with Crippen LogP contribution in [0.2, 0.25) is 0 Å². The second kappa shape index (κ2) is 5.72. The van der Waals surface area contributed by atoms with E-state index in [0.717, 1.165) is 0 Å². The summed E-state index contributed by atoms with van der Waals surface area (Å²) in [6, 6.07) is 3.39. The first kappa shape index (κ1) is 14.5. The first-order chi connectivity index (χ1) is 10.5. The third kappa shape index (κ3) is 2.91. The number of nitrogens with zero attached hydrogens (tertiary/aromatic N) is 5. The fourth-order valence-electron chi connectivity index (χ4n) is 2.48. The van der Waals surface area contributed by atoms with Crippen LogP contribution in [0.3, 0.4) is 0 Å². The van der Waals surface area contributed by atoms with E-state index in [2.05, 4.69) is 15.1 Å². The highest BCUT2D eigenvalue weighted by molar-refractivity contribution is 5.92. The van der Waals surface area contributed by atoms with Gasteiger partial charge in [0.1, 0.15) is 23.4 Å². The van der Waals surface area contributed by atoms with Crippen LogP contribution in [0.4, 0.5) is 5.82 Å². The minimum Gasteiger partial charge on any atom is -0.384 e. The van der Waals surface area contributed by atoms with Gasteiger partial charge in [-0.05, 0) is 13.0 Å². The third-order valence-corrected chi connectivity index (χ3v) is 3.49. The molecule has 8 heteroatoms. The smallest absolute Gasteiger partial charge is 0.274 e. The fourth-order valence-corrected chi connectivity index (χ4v) is 2.48. The topological polar surface area (TPSA) is 99.2 Å².